The number of guanidine groups is 1. The van der Waals surface area contributed by atoms with Crippen molar-refractivity contribution in [3.8, 4) is 0 Å². The summed E-state index contributed by atoms with van der Waals surface area (Å²) in [5, 5.41) is 6.66. The van der Waals surface area contributed by atoms with Crippen LogP contribution in [-0.4, -0.2) is 56.3 Å². The van der Waals surface area contributed by atoms with Crippen LogP contribution in [0.4, 0.5) is 4.79 Å². The van der Waals surface area contributed by atoms with Gasteiger partial charge in [-0.3, -0.25) is 4.99 Å². The molecule has 1 aliphatic rings. The van der Waals surface area contributed by atoms with Crippen molar-refractivity contribution in [3.63, 3.8) is 0 Å². The fourth-order valence-electron chi connectivity index (χ4n) is 2.60. The normalized spacial score (nSPS) is 16.5. The fraction of sp³-hybridized carbons (Fsp3) is 0.882. The molecule has 0 radical (unpaired) electrons. The molecule has 1 aliphatic carbocycles. The summed E-state index contributed by atoms with van der Waals surface area (Å²) in [6.07, 6.45) is 4.84. The first-order valence-electron chi connectivity index (χ1n) is 8.60. The first kappa shape index (κ1) is 23.3. The Morgan fingerprint density at radius 2 is 1.92 bits per heavy atom. The SMILES string of the molecule is CCC1(CNC(=NC)NCCN(C)C(=O)OC(C)(C)C)CCC1.I. The average Bonchev–Trinajstić information content (AvgIpc) is 2.42. The summed E-state index contributed by atoms with van der Waals surface area (Å²) < 4.78 is 5.33. The van der Waals surface area contributed by atoms with Gasteiger partial charge in [-0.25, -0.2) is 4.79 Å². The molecule has 0 aromatic rings. The highest BCUT2D eigenvalue weighted by Crippen LogP contribution is 2.42. The van der Waals surface area contributed by atoms with E-state index in [0.717, 1.165) is 12.5 Å². The van der Waals surface area contributed by atoms with Crippen LogP contribution in [0.25, 0.3) is 0 Å². The molecule has 6 nitrogen and oxygen atoms in total. The molecule has 0 saturated heterocycles. The van der Waals surface area contributed by atoms with Crippen LogP contribution in [0.3, 0.4) is 0 Å². The lowest BCUT2D eigenvalue weighted by atomic mass is 9.67. The van der Waals surface area contributed by atoms with Crippen LogP contribution in [0.15, 0.2) is 4.99 Å². The van der Waals surface area contributed by atoms with Gasteiger partial charge in [0, 0.05) is 33.7 Å². The Balaban J connectivity index is 0.00000529. The molecule has 0 aliphatic heterocycles. The lowest BCUT2D eigenvalue weighted by Gasteiger charge is -2.41. The molecule has 1 amide bonds. The van der Waals surface area contributed by atoms with Crippen molar-refractivity contribution >= 4 is 36.0 Å². The molecule has 0 atom stereocenters. The van der Waals surface area contributed by atoms with Crippen LogP contribution < -0.4 is 10.6 Å². The molecular weight excluding hydrogens is 419 g/mol. The first-order valence-corrected chi connectivity index (χ1v) is 8.60. The van der Waals surface area contributed by atoms with E-state index in [4.69, 9.17) is 4.74 Å². The van der Waals surface area contributed by atoms with Crippen molar-refractivity contribution in [2.24, 2.45) is 10.4 Å². The van der Waals surface area contributed by atoms with Gasteiger partial charge in [0.25, 0.3) is 0 Å². The summed E-state index contributed by atoms with van der Waals surface area (Å²) in [5.74, 6) is 0.794. The third-order valence-electron chi connectivity index (χ3n) is 4.46. The van der Waals surface area contributed by atoms with Gasteiger partial charge in [0.15, 0.2) is 5.96 Å². The van der Waals surface area contributed by atoms with Crippen LogP contribution in [0, 0.1) is 5.41 Å². The smallest absolute Gasteiger partial charge is 0.410 e. The van der Waals surface area contributed by atoms with Crippen LogP contribution in [0.5, 0.6) is 0 Å². The van der Waals surface area contributed by atoms with Gasteiger partial charge < -0.3 is 20.3 Å². The van der Waals surface area contributed by atoms with Crippen LogP contribution in [0.2, 0.25) is 0 Å². The number of nitrogens with zero attached hydrogens (tertiary/aromatic N) is 2. The summed E-state index contributed by atoms with van der Waals surface area (Å²) in [6.45, 7) is 10.0. The van der Waals surface area contributed by atoms with Crippen molar-refractivity contribution in [1.29, 1.82) is 0 Å². The standard InChI is InChI=1S/C17H34N4O2.HI/c1-7-17(9-8-10-17)13-20-14(18-5)19-11-12-21(6)15(22)23-16(2,3)4;/h7-13H2,1-6H3,(H2,18,19,20);1H. The first-order chi connectivity index (χ1) is 10.7. The van der Waals surface area contributed by atoms with Gasteiger partial charge in [-0.1, -0.05) is 13.3 Å². The highest BCUT2D eigenvalue weighted by Gasteiger charge is 2.34. The number of carbonyl (C=O) groups excluding carboxylic acids is 1. The summed E-state index contributed by atoms with van der Waals surface area (Å²) >= 11 is 0. The number of aliphatic imine (C=N–C) groups is 1. The van der Waals surface area contributed by atoms with Gasteiger partial charge in [0.05, 0.1) is 0 Å². The van der Waals surface area contributed by atoms with Crippen molar-refractivity contribution in [3.05, 3.63) is 0 Å². The predicted molar refractivity (Wildman–Crippen MR) is 110 cm³/mol. The van der Waals surface area contributed by atoms with Crippen molar-refractivity contribution in [2.45, 2.75) is 59.0 Å². The zero-order chi connectivity index (χ0) is 17.5. The van der Waals surface area contributed by atoms with E-state index in [1.807, 2.05) is 20.8 Å². The monoisotopic (exact) mass is 454 g/mol. The number of hydrogen-bond donors (Lipinski definition) is 2. The number of nitrogens with one attached hydrogen (secondary N) is 2. The molecule has 7 heteroatoms. The number of halogens is 1. The van der Waals surface area contributed by atoms with E-state index in [2.05, 4.69) is 22.5 Å². The van der Waals surface area contributed by atoms with E-state index in [0.29, 0.717) is 18.5 Å². The lowest BCUT2D eigenvalue weighted by Crippen LogP contribution is -2.47. The molecule has 2 N–H and O–H groups in total. The highest BCUT2D eigenvalue weighted by molar-refractivity contribution is 14.0. The number of rotatable bonds is 6. The van der Waals surface area contributed by atoms with Crippen LogP contribution in [0.1, 0.15) is 53.4 Å². The van der Waals surface area contributed by atoms with Crippen molar-refractivity contribution in [2.75, 3.05) is 33.7 Å². The van der Waals surface area contributed by atoms with E-state index < -0.39 is 5.60 Å². The molecule has 0 heterocycles. The third-order valence-corrected chi connectivity index (χ3v) is 4.46. The van der Waals surface area contributed by atoms with Gasteiger partial charge in [0.1, 0.15) is 5.60 Å². The number of ether oxygens (including phenoxy) is 1. The Bertz CT molecular complexity index is 412. The highest BCUT2D eigenvalue weighted by atomic mass is 127. The minimum absolute atomic E-state index is 0. The summed E-state index contributed by atoms with van der Waals surface area (Å²) in [6, 6.07) is 0. The van der Waals surface area contributed by atoms with E-state index in [-0.39, 0.29) is 30.1 Å². The number of likely N-dealkylation sites (N-methyl/N-ethyl adjacent to an activating group) is 1. The maximum atomic E-state index is 11.9. The average molecular weight is 454 g/mol. The molecule has 0 unspecified atom stereocenters. The third kappa shape index (κ3) is 7.90. The van der Waals surface area contributed by atoms with Gasteiger partial charge in [0.2, 0.25) is 0 Å². The molecule has 142 valence electrons. The van der Waals surface area contributed by atoms with E-state index >= 15 is 0 Å². The second kappa shape index (κ2) is 10.3. The molecule has 1 rings (SSSR count). The Labute approximate surface area is 164 Å². The zero-order valence-corrected chi connectivity index (χ0v) is 18.4. The second-order valence-corrected chi connectivity index (χ2v) is 7.46. The second-order valence-electron chi connectivity index (χ2n) is 7.46. The van der Waals surface area contributed by atoms with Gasteiger partial charge in [-0.2, -0.15) is 0 Å². The minimum Gasteiger partial charge on any atom is -0.444 e. The molecule has 0 aromatic carbocycles. The largest absolute Gasteiger partial charge is 0.444 e. The van der Waals surface area contributed by atoms with E-state index in [1.54, 1.807) is 19.0 Å². The minimum atomic E-state index is -0.465. The number of carbonyl (C=O) groups is 1. The van der Waals surface area contributed by atoms with Gasteiger partial charge in [-0.05, 0) is 45.4 Å². The quantitative estimate of drug-likeness (QED) is 0.368. The van der Waals surface area contributed by atoms with Crippen LogP contribution >= 0.6 is 24.0 Å². The summed E-state index contributed by atoms with van der Waals surface area (Å²) in [4.78, 5) is 17.7. The predicted octanol–water partition coefficient (Wildman–Crippen LogP) is 3.22. The van der Waals surface area contributed by atoms with Crippen LogP contribution in [-0.2, 0) is 4.74 Å². The van der Waals surface area contributed by atoms with Gasteiger partial charge >= 0.3 is 6.09 Å². The topological polar surface area (TPSA) is 66.0 Å². The Morgan fingerprint density at radius 3 is 2.33 bits per heavy atom. The molecule has 0 spiro atoms. The summed E-state index contributed by atoms with van der Waals surface area (Å²) in [7, 11) is 3.51. The van der Waals surface area contributed by atoms with Crippen molar-refractivity contribution < 1.29 is 9.53 Å². The molecule has 1 saturated carbocycles. The van der Waals surface area contributed by atoms with E-state index in [1.165, 1.54) is 25.7 Å². The lowest BCUT2D eigenvalue weighted by molar-refractivity contribution is 0.0302. The van der Waals surface area contributed by atoms with E-state index in [9.17, 15) is 4.79 Å². The Kier molecular flexibility index (Phi) is 9.99. The molecule has 0 bridgehead atoms. The zero-order valence-electron chi connectivity index (χ0n) is 16.1. The molecular formula is C17H35IN4O2. The number of amides is 1. The molecule has 1 fully saturated rings. The summed E-state index contributed by atoms with van der Waals surface area (Å²) in [5.41, 5.74) is -0.0153. The molecule has 0 aromatic heterocycles. The number of hydrogen-bond acceptors (Lipinski definition) is 3. The fourth-order valence-corrected chi connectivity index (χ4v) is 2.60. The Hall–Kier alpha value is -0.730. The Morgan fingerprint density at radius 1 is 1.29 bits per heavy atom. The molecule has 24 heavy (non-hydrogen) atoms. The van der Waals surface area contributed by atoms with Crippen molar-refractivity contribution in [1.82, 2.24) is 15.5 Å². The maximum Gasteiger partial charge on any atom is 0.410 e. The van der Waals surface area contributed by atoms with Gasteiger partial charge in [-0.15, -0.1) is 24.0 Å². The maximum absolute atomic E-state index is 11.9.